The van der Waals surface area contributed by atoms with E-state index in [1.165, 1.54) is 10.8 Å². The fourth-order valence-corrected chi connectivity index (χ4v) is 3.03. The minimum Gasteiger partial charge on any atom is -0.436 e. The van der Waals surface area contributed by atoms with E-state index in [0.29, 0.717) is 5.89 Å². The van der Waals surface area contributed by atoms with Gasteiger partial charge in [-0.25, -0.2) is 4.98 Å². The highest BCUT2D eigenvalue weighted by Crippen LogP contribution is 2.28. The van der Waals surface area contributed by atoms with E-state index < -0.39 is 0 Å². The molecule has 5 aromatic rings. The average molecular weight is 310 g/mol. The minimum atomic E-state index is 0.653. The average Bonchev–Trinajstić information content (AvgIpc) is 3.30. The molecule has 0 N–H and O–H groups in total. The van der Waals surface area contributed by atoms with Gasteiger partial charge in [-0.05, 0) is 53.2 Å². The molecule has 2 aromatic heterocycles. The third kappa shape index (κ3) is 2.10. The van der Waals surface area contributed by atoms with Crippen molar-refractivity contribution in [3.8, 4) is 17.1 Å². The van der Waals surface area contributed by atoms with E-state index in [9.17, 15) is 0 Å². The largest absolute Gasteiger partial charge is 0.436 e. The van der Waals surface area contributed by atoms with Crippen molar-refractivity contribution in [3.05, 3.63) is 85.2 Å². The van der Waals surface area contributed by atoms with Gasteiger partial charge in [-0.15, -0.1) is 0 Å². The van der Waals surface area contributed by atoms with Gasteiger partial charge in [0.15, 0.2) is 5.58 Å². The number of hydrogen-bond acceptors (Lipinski definition) is 2. The maximum absolute atomic E-state index is 5.95. The maximum atomic E-state index is 5.95. The molecule has 0 amide bonds. The lowest BCUT2D eigenvalue weighted by atomic mass is 10.1. The molecule has 3 nitrogen and oxygen atoms in total. The Morgan fingerprint density at radius 2 is 1.58 bits per heavy atom. The topological polar surface area (TPSA) is 31.0 Å². The Labute approximate surface area is 138 Å². The molecule has 0 radical (unpaired) electrons. The summed E-state index contributed by atoms with van der Waals surface area (Å²) in [5.74, 6) is 0.653. The monoisotopic (exact) mass is 310 g/mol. The van der Waals surface area contributed by atoms with E-state index in [1.54, 1.807) is 0 Å². The first-order valence-corrected chi connectivity index (χ1v) is 7.90. The molecular weight excluding hydrogens is 296 g/mol. The van der Waals surface area contributed by atoms with Gasteiger partial charge < -0.3 is 8.98 Å². The summed E-state index contributed by atoms with van der Waals surface area (Å²) in [4.78, 5) is 4.68. The number of hydrogen-bond donors (Lipinski definition) is 0. The zero-order valence-electron chi connectivity index (χ0n) is 12.9. The summed E-state index contributed by atoms with van der Waals surface area (Å²) < 4.78 is 8.01. The van der Waals surface area contributed by atoms with Crippen LogP contribution in [-0.2, 0) is 0 Å². The molecule has 0 bridgehead atoms. The number of oxazole rings is 1. The predicted octanol–water partition coefficient (Wildman–Crippen LogP) is 5.44. The summed E-state index contributed by atoms with van der Waals surface area (Å²) in [5.41, 5.74) is 3.73. The second-order valence-electron chi connectivity index (χ2n) is 5.82. The van der Waals surface area contributed by atoms with E-state index in [1.807, 2.05) is 54.9 Å². The highest BCUT2D eigenvalue weighted by atomic mass is 16.3. The molecule has 0 atom stereocenters. The lowest BCUT2D eigenvalue weighted by Gasteiger charge is -2.00. The maximum Gasteiger partial charge on any atom is 0.227 e. The molecule has 0 fully saturated rings. The van der Waals surface area contributed by atoms with E-state index >= 15 is 0 Å². The normalized spacial score (nSPS) is 11.3. The molecule has 24 heavy (non-hydrogen) atoms. The van der Waals surface area contributed by atoms with Crippen molar-refractivity contribution >= 4 is 21.9 Å². The van der Waals surface area contributed by atoms with Crippen molar-refractivity contribution in [3.63, 3.8) is 0 Å². The van der Waals surface area contributed by atoms with Crippen molar-refractivity contribution in [1.82, 2.24) is 9.55 Å². The molecule has 3 heteroatoms. The van der Waals surface area contributed by atoms with Gasteiger partial charge in [-0.2, -0.15) is 0 Å². The van der Waals surface area contributed by atoms with Gasteiger partial charge in [0, 0.05) is 23.6 Å². The third-order valence-electron chi connectivity index (χ3n) is 4.27. The first-order chi connectivity index (χ1) is 11.9. The summed E-state index contributed by atoms with van der Waals surface area (Å²) in [6.45, 7) is 0. The van der Waals surface area contributed by atoms with Gasteiger partial charge in [0.1, 0.15) is 5.52 Å². The van der Waals surface area contributed by atoms with Crippen LogP contribution in [0.3, 0.4) is 0 Å². The molecule has 5 rings (SSSR count). The summed E-state index contributed by atoms with van der Waals surface area (Å²) in [5, 5.41) is 2.40. The van der Waals surface area contributed by atoms with Crippen LogP contribution in [0.1, 0.15) is 0 Å². The van der Waals surface area contributed by atoms with E-state index in [-0.39, 0.29) is 0 Å². The lowest BCUT2D eigenvalue weighted by molar-refractivity contribution is 0.620. The number of rotatable bonds is 2. The number of aromatic nitrogens is 2. The molecule has 114 valence electrons. The van der Waals surface area contributed by atoms with Gasteiger partial charge in [0.05, 0.1) is 0 Å². The lowest BCUT2D eigenvalue weighted by Crippen LogP contribution is -1.88. The van der Waals surface area contributed by atoms with Crippen LogP contribution >= 0.6 is 0 Å². The van der Waals surface area contributed by atoms with Gasteiger partial charge >= 0.3 is 0 Å². The first kappa shape index (κ1) is 13.1. The SMILES string of the molecule is c1ccc2cc(-c3nc4cc(-n5cccc5)ccc4o3)ccc2c1. The van der Waals surface area contributed by atoms with Crippen molar-refractivity contribution in [2.45, 2.75) is 0 Å². The van der Waals surface area contributed by atoms with Crippen LogP contribution in [0, 0.1) is 0 Å². The number of nitrogens with zero attached hydrogens (tertiary/aromatic N) is 2. The van der Waals surface area contributed by atoms with Crippen LogP contribution in [-0.4, -0.2) is 9.55 Å². The molecule has 0 saturated heterocycles. The zero-order valence-corrected chi connectivity index (χ0v) is 12.9. The standard InChI is InChI=1S/C21H14N2O/c1-2-6-16-13-17(8-7-15(16)5-1)21-22-19-14-18(9-10-20(19)24-21)23-11-3-4-12-23/h1-14H. The number of fused-ring (bicyclic) bond motifs is 2. The molecule has 0 aliphatic rings. The molecule has 2 heterocycles. The van der Waals surface area contributed by atoms with Crippen LogP contribution in [0.25, 0.3) is 39.0 Å². The molecule has 0 saturated carbocycles. The van der Waals surface area contributed by atoms with Gasteiger partial charge in [0.25, 0.3) is 0 Å². The van der Waals surface area contributed by atoms with E-state index in [4.69, 9.17) is 4.42 Å². The summed E-state index contributed by atoms with van der Waals surface area (Å²) in [6.07, 6.45) is 4.04. The van der Waals surface area contributed by atoms with Crippen LogP contribution in [0.15, 0.2) is 89.6 Å². The zero-order chi connectivity index (χ0) is 15.9. The quantitative estimate of drug-likeness (QED) is 0.435. The second kappa shape index (κ2) is 5.10. The summed E-state index contributed by atoms with van der Waals surface area (Å²) in [7, 11) is 0. The van der Waals surface area contributed by atoms with Gasteiger partial charge in [0.2, 0.25) is 5.89 Å². The Morgan fingerprint density at radius 1 is 0.750 bits per heavy atom. The minimum absolute atomic E-state index is 0.653. The van der Waals surface area contributed by atoms with Crippen LogP contribution in [0.4, 0.5) is 0 Å². The van der Waals surface area contributed by atoms with E-state index in [2.05, 4.69) is 39.9 Å². The van der Waals surface area contributed by atoms with Crippen molar-refractivity contribution in [2.24, 2.45) is 0 Å². The fourth-order valence-electron chi connectivity index (χ4n) is 3.03. The van der Waals surface area contributed by atoms with Crippen molar-refractivity contribution < 1.29 is 4.42 Å². The summed E-state index contributed by atoms with van der Waals surface area (Å²) >= 11 is 0. The Hall–Kier alpha value is -3.33. The summed E-state index contributed by atoms with van der Waals surface area (Å²) in [6, 6.07) is 24.6. The smallest absolute Gasteiger partial charge is 0.227 e. The van der Waals surface area contributed by atoms with Crippen LogP contribution < -0.4 is 0 Å². The van der Waals surface area contributed by atoms with Gasteiger partial charge in [-0.3, -0.25) is 0 Å². The second-order valence-corrected chi connectivity index (χ2v) is 5.82. The first-order valence-electron chi connectivity index (χ1n) is 7.90. The van der Waals surface area contributed by atoms with Crippen molar-refractivity contribution in [1.29, 1.82) is 0 Å². The van der Waals surface area contributed by atoms with Crippen molar-refractivity contribution in [2.75, 3.05) is 0 Å². The molecule has 0 spiro atoms. The third-order valence-corrected chi connectivity index (χ3v) is 4.27. The Balaban J connectivity index is 1.63. The van der Waals surface area contributed by atoms with Crippen LogP contribution in [0.5, 0.6) is 0 Å². The molecule has 3 aromatic carbocycles. The molecule has 0 aliphatic heterocycles. The Morgan fingerprint density at radius 3 is 2.46 bits per heavy atom. The molecule has 0 aliphatic carbocycles. The van der Waals surface area contributed by atoms with Gasteiger partial charge in [-0.1, -0.05) is 30.3 Å². The molecule has 0 unspecified atom stereocenters. The highest BCUT2D eigenvalue weighted by Gasteiger charge is 2.10. The highest BCUT2D eigenvalue weighted by molar-refractivity contribution is 5.87. The van der Waals surface area contributed by atoms with Crippen LogP contribution in [0.2, 0.25) is 0 Å². The number of benzene rings is 3. The fraction of sp³-hybridized carbons (Fsp3) is 0. The Bertz CT molecular complexity index is 1150. The Kier molecular flexibility index (Phi) is 2.79. The predicted molar refractivity (Wildman–Crippen MR) is 96.3 cm³/mol. The van der Waals surface area contributed by atoms with E-state index in [0.717, 1.165) is 22.4 Å². The molecular formula is C21H14N2O.